The van der Waals surface area contributed by atoms with Gasteiger partial charge in [0.25, 0.3) is 5.91 Å². The molecule has 0 aromatic carbocycles. The molecule has 1 aliphatic carbocycles. The maximum absolute atomic E-state index is 11.6. The number of aliphatic hydroxyl groups is 1. The van der Waals surface area contributed by atoms with Crippen LogP contribution in [-0.2, 0) is 0 Å². The summed E-state index contributed by atoms with van der Waals surface area (Å²) in [6, 6.07) is 3.16. The van der Waals surface area contributed by atoms with Crippen LogP contribution in [0.5, 0.6) is 0 Å². The minimum absolute atomic E-state index is 0.128. The van der Waals surface area contributed by atoms with Crippen molar-refractivity contribution in [2.45, 2.75) is 37.8 Å². The Balaban J connectivity index is 1.93. The summed E-state index contributed by atoms with van der Waals surface area (Å²) in [5.41, 5.74) is 0. The molecule has 2 atom stereocenters. The van der Waals surface area contributed by atoms with Crippen LogP contribution in [0.25, 0.3) is 0 Å². The number of amides is 1. The molecule has 1 heterocycles. The molecule has 1 aromatic heterocycles. The quantitative estimate of drug-likeness (QED) is 0.772. The van der Waals surface area contributed by atoms with E-state index in [1.54, 1.807) is 12.1 Å². The highest BCUT2D eigenvalue weighted by Gasteiger charge is 2.25. The molecule has 2 N–H and O–H groups in total. The molecule has 0 aliphatic heterocycles. The third kappa shape index (κ3) is 2.39. The molecule has 1 saturated carbocycles. The zero-order chi connectivity index (χ0) is 10.7. The van der Waals surface area contributed by atoms with E-state index in [-0.39, 0.29) is 11.9 Å². The number of rotatable bonds is 2. The lowest BCUT2D eigenvalue weighted by molar-refractivity contribution is 0.0698. The van der Waals surface area contributed by atoms with Crippen molar-refractivity contribution in [3.05, 3.63) is 24.2 Å². The largest absolute Gasteiger partial charge is 0.459 e. The van der Waals surface area contributed by atoms with E-state index >= 15 is 0 Å². The van der Waals surface area contributed by atoms with Crippen LogP contribution in [0.1, 0.15) is 36.2 Å². The number of hydrogen-bond donors (Lipinski definition) is 2. The van der Waals surface area contributed by atoms with Gasteiger partial charge in [0.05, 0.1) is 18.4 Å². The van der Waals surface area contributed by atoms with Gasteiger partial charge in [-0.25, -0.2) is 0 Å². The summed E-state index contributed by atoms with van der Waals surface area (Å²) in [4.78, 5) is 11.6. The van der Waals surface area contributed by atoms with Gasteiger partial charge in [-0.05, 0) is 25.0 Å². The van der Waals surface area contributed by atoms with Crippen molar-refractivity contribution in [3.8, 4) is 0 Å². The molecule has 4 heteroatoms. The summed E-state index contributed by atoms with van der Waals surface area (Å²) in [5.74, 6) is 0.0544. The monoisotopic (exact) mass is 209 g/mol. The number of hydrogen-bond acceptors (Lipinski definition) is 3. The fourth-order valence-corrected chi connectivity index (χ4v) is 1.93. The summed E-state index contributed by atoms with van der Waals surface area (Å²) in [6.45, 7) is 0. The Kier molecular flexibility index (Phi) is 3.06. The first-order valence-corrected chi connectivity index (χ1v) is 5.30. The first-order valence-electron chi connectivity index (χ1n) is 5.30. The van der Waals surface area contributed by atoms with Crippen LogP contribution in [-0.4, -0.2) is 23.2 Å². The molecule has 1 aliphatic rings. The van der Waals surface area contributed by atoms with E-state index in [1.807, 2.05) is 0 Å². The number of aliphatic hydroxyl groups excluding tert-OH is 1. The van der Waals surface area contributed by atoms with Crippen LogP contribution < -0.4 is 5.32 Å². The SMILES string of the molecule is O=C(N[C@H]1CCCC[C@H]1O)c1ccco1. The van der Waals surface area contributed by atoms with Crippen LogP contribution in [0, 0.1) is 0 Å². The lowest BCUT2D eigenvalue weighted by Gasteiger charge is -2.27. The Morgan fingerprint density at radius 1 is 1.47 bits per heavy atom. The standard InChI is InChI=1S/C11H15NO3/c13-9-5-2-1-4-8(9)12-11(14)10-6-3-7-15-10/h3,6-9,13H,1-2,4-5H2,(H,12,14)/t8-,9+/m0/s1. The molecule has 1 amide bonds. The van der Waals surface area contributed by atoms with Gasteiger partial charge >= 0.3 is 0 Å². The Labute approximate surface area is 88.3 Å². The van der Waals surface area contributed by atoms with Crippen molar-refractivity contribution in [1.82, 2.24) is 5.32 Å². The first-order chi connectivity index (χ1) is 7.27. The van der Waals surface area contributed by atoms with Gasteiger partial charge in [-0.3, -0.25) is 4.79 Å². The first kappa shape index (κ1) is 10.2. The van der Waals surface area contributed by atoms with Gasteiger partial charge in [0.2, 0.25) is 0 Å². The highest BCUT2D eigenvalue weighted by molar-refractivity contribution is 5.91. The fraction of sp³-hybridized carbons (Fsp3) is 0.545. The summed E-state index contributed by atoms with van der Waals surface area (Å²) in [6.07, 6.45) is 4.75. The molecule has 0 unspecified atom stereocenters. The topological polar surface area (TPSA) is 62.5 Å². The van der Waals surface area contributed by atoms with Crippen molar-refractivity contribution < 1.29 is 14.3 Å². The van der Waals surface area contributed by atoms with Crippen molar-refractivity contribution in [3.63, 3.8) is 0 Å². The summed E-state index contributed by atoms with van der Waals surface area (Å²) in [5, 5.41) is 12.5. The molecular formula is C11H15NO3. The van der Waals surface area contributed by atoms with Gasteiger partial charge in [0.15, 0.2) is 5.76 Å². The smallest absolute Gasteiger partial charge is 0.287 e. The van der Waals surface area contributed by atoms with E-state index in [9.17, 15) is 9.90 Å². The molecular weight excluding hydrogens is 194 g/mol. The van der Waals surface area contributed by atoms with E-state index in [0.29, 0.717) is 5.76 Å². The second-order valence-corrected chi connectivity index (χ2v) is 3.91. The molecule has 1 fully saturated rings. The molecule has 2 rings (SSSR count). The van der Waals surface area contributed by atoms with E-state index in [2.05, 4.69) is 5.32 Å². The molecule has 0 saturated heterocycles. The van der Waals surface area contributed by atoms with Crippen LogP contribution in [0.2, 0.25) is 0 Å². The minimum atomic E-state index is -0.419. The van der Waals surface area contributed by atoms with Gasteiger partial charge < -0.3 is 14.8 Å². The van der Waals surface area contributed by atoms with Gasteiger partial charge in [0, 0.05) is 0 Å². The predicted molar refractivity (Wildman–Crippen MR) is 54.4 cm³/mol. The fourth-order valence-electron chi connectivity index (χ4n) is 1.93. The van der Waals surface area contributed by atoms with Crippen LogP contribution in [0.15, 0.2) is 22.8 Å². The van der Waals surface area contributed by atoms with Crippen LogP contribution in [0.4, 0.5) is 0 Å². The van der Waals surface area contributed by atoms with E-state index in [0.717, 1.165) is 25.7 Å². The van der Waals surface area contributed by atoms with Crippen molar-refractivity contribution in [2.75, 3.05) is 0 Å². The third-order valence-electron chi connectivity index (χ3n) is 2.79. The number of nitrogens with one attached hydrogen (secondary N) is 1. The number of furan rings is 1. The zero-order valence-electron chi connectivity index (χ0n) is 8.48. The maximum Gasteiger partial charge on any atom is 0.287 e. The number of carbonyl (C=O) groups is 1. The minimum Gasteiger partial charge on any atom is -0.459 e. The average Bonchev–Trinajstić information content (AvgIpc) is 2.74. The molecule has 1 aromatic rings. The summed E-state index contributed by atoms with van der Waals surface area (Å²) < 4.78 is 4.98. The Hall–Kier alpha value is -1.29. The van der Waals surface area contributed by atoms with E-state index < -0.39 is 6.10 Å². The lowest BCUT2D eigenvalue weighted by Crippen LogP contribution is -2.44. The predicted octanol–water partition coefficient (Wildman–Crippen LogP) is 1.31. The highest BCUT2D eigenvalue weighted by Crippen LogP contribution is 2.18. The lowest BCUT2D eigenvalue weighted by atomic mass is 9.92. The van der Waals surface area contributed by atoms with Crippen molar-refractivity contribution in [2.24, 2.45) is 0 Å². The Morgan fingerprint density at radius 3 is 2.93 bits per heavy atom. The van der Waals surface area contributed by atoms with Gasteiger partial charge in [0.1, 0.15) is 0 Å². The molecule has 0 radical (unpaired) electrons. The molecule has 4 nitrogen and oxygen atoms in total. The zero-order valence-corrected chi connectivity index (χ0v) is 8.48. The molecule has 0 spiro atoms. The van der Waals surface area contributed by atoms with E-state index in [1.165, 1.54) is 6.26 Å². The molecule has 0 bridgehead atoms. The maximum atomic E-state index is 11.6. The highest BCUT2D eigenvalue weighted by atomic mass is 16.3. The summed E-state index contributed by atoms with van der Waals surface area (Å²) in [7, 11) is 0. The van der Waals surface area contributed by atoms with Crippen molar-refractivity contribution in [1.29, 1.82) is 0 Å². The summed E-state index contributed by atoms with van der Waals surface area (Å²) >= 11 is 0. The van der Waals surface area contributed by atoms with Gasteiger partial charge in [-0.2, -0.15) is 0 Å². The average molecular weight is 209 g/mol. The van der Waals surface area contributed by atoms with Crippen LogP contribution in [0.3, 0.4) is 0 Å². The van der Waals surface area contributed by atoms with Crippen molar-refractivity contribution >= 4 is 5.91 Å². The molecule has 15 heavy (non-hydrogen) atoms. The second-order valence-electron chi connectivity index (χ2n) is 3.91. The molecule has 82 valence electrons. The normalized spacial score (nSPS) is 26.2. The van der Waals surface area contributed by atoms with Gasteiger partial charge in [-0.15, -0.1) is 0 Å². The third-order valence-corrected chi connectivity index (χ3v) is 2.79. The van der Waals surface area contributed by atoms with Crippen LogP contribution >= 0.6 is 0 Å². The Bertz CT molecular complexity index is 321. The van der Waals surface area contributed by atoms with Gasteiger partial charge in [-0.1, -0.05) is 12.8 Å². The second kappa shape index (κ2) is 4.49. The number of carbonyl (C=O) groups excluding carboxylic acids is 1. The Morgan fingerprint density at radius 2 is 2.27 bits per heavy atom. The van der Waals surface area contributed by atoms with E-state index in [4.69, 9.17) is 4.42 Å².